The number of esters is 1. The van der Waals surface area contributed by atoms with Crippen molar-refractivity contribution in [2.75, 3.05) is 7.11 Å². The van der Waals surface area contributed by atoms with Crippen LogP contribution in [0.3, 0.4) is 0 Å². The first kappa shape index (κ1) is 24.6. The first-order chi connectivity index (χ1) is 15.6. The molecule has 0 radical (unpaired) electrons. The zero-order valence-corrected chi connectivity index (χ0v) is 19.2. The van der Waals surface area contributed by atoms with Crippen LogP contribution in [0.1, 0.15) is 37.3 Å². The van der Waals surface area contributed by atoms with E-state index in [0.717, 1.165) is 12.1 Å². The number of alkyl halides is 3. The Morgan fingerprint density at radius 2 is 1.55 bits per heavy atom. The smallest absolute Gasteiger partial charge is 0.416 e. The van der Waals surface area contributed by atoms with E-state index in [0.29, 0.717) is 39.6 Å². The quantitative estimate of drug-likeness (QED) is 0.323. The number of benzene rings is 3. The highest BCUT2D eigenvalue weighted by Crippen LogP contribution is 2.36. The van der Waals surface area contributed by atoms with Crippen LogP contribution in [0.25, 0.3) is 11.1 Å². The van der Waals surface area contributed by atoms with E-state index < -0.39 is 17.7 Å². The Morgan fingerprint density at radius 1 is 0.909 bits per heavy atom. The van der Waals surface area contributed by atoms with E-state index in [9.17, 15) is 18.0 Å². The lowest BCUT2D eigenvalue weighted by Crippen LogP contribution is -2.16. The lowest BCUT2D eigenvalue weighted by molar-refractivity contribution is -0.143. The second kappa shape index (κ2) is 10.3. The van der Waals surface area contributed by atoms with Gasteiger partial charge in [-0.15, -0.1) is 0 Å². The predicted molar refractivity (Wildman–Crippen MR) is 123 cm³/mol. The molecular formula is C26H24ClF3O3. The largest absolute Gasteiger partial charge is 0.469 e. The molecule has 0 aliphatic rings. The highest BCUT2D eigenvalue weighted by Gasteiger charge is 2.30. The van der Waals surface area contributed by atoms with Crippen molar-refractivity contribution in [2.24, 2.45) is 5.92 Å². The van der Waals surface area contributed by atoms with E-state index in [-0.39, 0.29) is 11.9 Å². The normalized spacial score (nSPS) is 12.5. The van der Waals surface area contributed by atoms with Crippen molar-refractivity contribution in [3.8, 4) is 22.6 Å². The van der Waals surface area contributed by atoms with Crippen molar-refractivity contribution < 1.29 is 27.4 Å². The highest BCUT2D eigenvalue weighted by molar-refractivity contribution is 6.30. The van der Waals surface area contributed by atoms with Gasteiger partial charge in [-0.25, -0.2) is 0 Å². The number of carbonyl (C=O) groups is 1. The zero-order chi connectivity index (χ0) is 24.2. The van der Waals surface area contributed by atoms with Crippen LogP contribution in [-0.2, 0) is 15.7 Å². The molecule has 174 valence electrons. The number of hydrogen-bond donors (Lipinski definition) is 0. The average Bonchev–Trinajstić information content (AvgIpc) is 2.77. The molecule has 0 aromatic heterocycles. The SMILES string of the molecule is COC(=O)C(CC(C)C)c1cc(Oc2ccc(Cl)cc2)cc(-c2ccc(C(F)(F)F)cc2)c1. The summed E-state index contributed by atoms with van der Waals surface area (Å²) in [5.74, 6) is 0.267. The number of ether oxygens (including phenoxy) is 2. The van der Waals surface area contributed by atoms with Crippen molar-refractivity contribution >= 4 is 17.6 Å². The summed E-state index contributed by atoms with van der Waals surface area (Å²) < 4.78 is 50.0. The zero-order valence-electron chi connectivity index (χ0n) is 18.4. The van der Waals surface area contributed by atoms with Gasteiger partial charge in [-0.2, -0.15) is 13.2 Å². The van der Waals surface area contributed by atoms with E-state index >= 15 is 0 Å². The molecule has 3 aromatic rings. The molecule has 0 amide bonds. The third kappa shape index (κ3) is 6.51. The number of hydrogen-bond acceptors (Lipinski definition) is 3. The van der Waals surface area contributed by atoms with Crippen molar-refractivity contribution in [1.82, 2.24) is 0 Å². The molecule has 0 heterocycles. The van der Waals surface area contributed by atoms with E-state index in [1.165, 1.54) is 19.2 Å². The highest BCUT2D eigenvalue weighted by atomic mass is 35.5. The van der Waals surface area contributed by atoms with Gasteiger partial charge in [0.2, 0.25) is 0 Å². The van der Waals surface area contributed by atoms with E-state index in [4.69, 9.17) is 21.1 Å². The summed E-state index contributed by atoms with van der Waals surface area (Å²) >= 11 is 5.94. The lowest BCUT2D eigenvalue weighted by atomic mass is 9.88. The Hall–Kier alpha value is -2.99. The minimum absolute atomic E-state index is 0.212. The maximum atomic E-state index is 13.0. The van der Waals surface area contributed by atoms with Crippen LogP contribution >= 0.6 is 11.6 Å². The van der Waals surface area contributed by atoms with Crippen LogP contribution in [0.5, 0.6) is 11.5 Å². The minimum atomic E-state index is -4.42. The van der Waals surface area contributed by atoms with E-state index in [1.807, 2.05) is 13.8 Å². The van der Waals surface area contributed by atoms with Gasteiger partial charge in [0.25, 0.3) is 0 Å². The molecule has 0 aliphatic carbocycles. The fourth-order valence-electron chi connectivity index (χ4n) is 3.52. The first-order valence-electron chi connectivity index (χ1n) is 10.4. The summed E-state index contributed by atoms with van der Waals surface area (Å²) in [5, 5.41) is 0.559. The van der Waals surface area contributed by atoms with Crippen molar-refractivity contribution in [3.05, 3.63) is 82.9 Å². The minimum Gasteiger partial charge on any atom is -0.469 e. The van der Waals surface area contributed by atoms with Gasteiger partial charge in [0, 0.05) is 5.02 Å². The summed E-state index contributed by atoms with van der Waals surface area (Å²) in [5.41, 5.74) is 1.13. The third-order valence-electron chi connectivity index (χ3n) is 5.12. The molecule has 0 spiro atoms. The maximum absolute atomic E-state index is 13.0. The van der Waals surface area contributed by atoms with Crippen LogP contribution in [0, 0.1) is 5.92 Å². The lowest BCUT2D eigenvalue weighted by Gasteiger charge is -2.19. The number of halogens is 4. The molecule has 0 saturated carbocycles. The molecule has 3 nitrogen and oxygen atoms in total. The van der Waals surface area contributed by atoms with Gasteiger partial charge >= 0.3 is 12.1 Å². The molecular weight excluding hydrogens is 453 g/mol. The molecule has 0 bridgehead atoms. The molecule has 3 aromatic carbocycles. The Balaban J connectivity index is 2.08. The van der Waals surface area contributed by atoms with Crippen molar-refractivity contribution in [1.29, 1.82) is 0 Å². The summed E-state index contributed by atoms with van der Waals surface area (Å²) in [6.07, 6.45) is -3.88. The van der Waals surface area contributed by atoms with Gasteiger partial charge in [0.05, 0.1) is 18.6 Å². The summed E-state index contributed by atoms with van der Waals surface area (Å²) in [7, 11) is 1.33. The van der Waals surface area contributed by atoms with Gasteiger partial charge in [0.1, 0.15) is 11.5 Å². The molecule has 0 N–H and O–H groups in total. The first-order valence-corrected chi connectivity index (χ1v) is 10.8. The molecule has 1 unspecified atom stereocenters. The molecule has 0 aliphatic heterocycles. The van der Waals surface area contributed by atoms with Crippen LogP contribution < -0.4 is 4.74 Å². The summed E-state index contributed by atoms with van der Waals surface area (Å²) in [6, 6.07) is 16.9. The molecule has 7 heteroatoms. The Bertz CT molecular complexity index is 1090. The fourth-order valence-corrected chi connectivity index (χ4v) is 3.65. The summed E-state index contributed by atoms with van der Waals surface area (Å²) in [4.78, 5) is 12.6. The fraction of sp³-hybridized carbons (Fsp3) is 0.269. The molecule has 3 rings (SSSR count). The van der Waals surface area contributed by atoms with E-state index in [2.05, 4.69) is 0 Å². The average molecular weight is 477 g/mol. The van der Waals surface area contributed by atoms with Gasteiger partial charge < -0.3 is 9.47 Å². The molecule has 1 atom stereocenters. The van der Waals surface area contributed by atoms with Gasteiger partial charge in [-0.05, 0) is 77.6 Å². The maximum Gasteiger partial charge on any atom is 0.416 e. The Labute approximate surface area is 196 Å². The van der Waals surface area contributed by atoms with Crippen LogP contribution in [0.15, 0.2) is 66.7 Å². The summed E-state index contributed by atoms with van der Waals surface area (Å²) in [6.45, 7) is 4.00. The predicted octanol–water partition coefficient (Wildman–Crippen LogP) is 8.12. The molecule has 0 saturated heterocycles. The van der Waals surface area contributed by atoms with Gasteiger partial charge in [-0.1, -0.05) is 43.6 Å². The van der Waals surface area contributed by atoms with Crippen LogP contribution in [-0.4, -0.2) is 13.1 Å². The second-order valence-electron chi connectivity index (χ2n) is 8.13. The van der Waals surface area contributed by atoms with Crippen molar-refractivity contribution in [2.45, 2.75) is 32.4 Å². The molecule has 0 fully saturated rings. The second-order valence-corrected chi connectivity index (χ2v) is 8.56. The third-order valence-corrected chi connectivity index (χ3v) is 5.37. The van der Waals surface area contributed by atoms with Crippen LogP contribution in [0.4, 0.5) is 13.2 Å². The monoisotopic (exact) mass is 476 g/mol. The topological polar surface area (TPSA) is 35.5 Å². The van der Waals surface area contributed by atoms with Gasteiger partial charge in [-0.3, -0.25) is 4.79 Å². The number of carbonyl (C=O) groups excluding carboxylic acids is 1. The standard InChI is InChI=1S/C26H24ClF3O3/c1-16(2)12-24(25(31)32-3)19-13-18(17-4-6-20(7-5-17)26(28,29)30)14-23(15-19)33-22-10-8-21(27)9-11-22/h4-11,13-16,24H,12H2,1-3H3. The van der Waals surface area contributed by atoms with Crippen molar-refractivity contribution in [3.63, 3.8) is 0 Å². The Kier molecular flexibility index (Phi) is 7.69. The van der Waals surface area contributed by atoms with E-state index in [1.54, 1.807) is 42.5 Å². The number of rotatable bonds is 7. The Morgan fingerprint density at radius 3 is 2.09 bits per heavy atom. The number of methoxy groups -OCH3 is 1. The van der Waals surface area contributed by atoms with Gasteiger partial charge in [0.15, 0.2) is 0 Å². The van der Waals surface area contributed by atoms with Crippen LogP contribution in [0.2, 0.25) is 5.02 Å². The molecule has 33 heavy (non-hydrogen) atoms.